The van der Waals surface area contributed by atoms with E-state index in [9.17, 15) is 4.79 Å². The molecule has 4 N–H and O–H groups in total. The number of ether oxygens (including phenoxy) is 2. The Hall–Kier alpha value is -2.28. The monoisotopic (exact) mass is 295 g/mol. The van der Waals surface area contributed by atoms with Crippen LogP contribution in [0.25, 0.3) is 0 Å². The Kier molecular flexibility index (Phi) is 7.03. The molecule has 0 bridgehead atoms. The third-order valence-electron chi connectivity index (χ3n) is 2.81. The first-order valence-electron chi connectivity index (χ1n) is 6.57. The summed E-state index contributed by atoms with van der Waals surface area (Å²) in [6.07, 6.45) is 1.08. The van der Waals surface area contributed by atoms with E-state index < -0.39 is 0 Å². The molecule has 0 radical (unpaired) electrons. The number of anilines is 1. The van der Waals surface area contributed by atoms with Crippen LogP contribution in [0.15, 0.2) is 29.4 Å². The quantitative estimate of drug-likeness (QED) is 0.292. The fourth-order valence-corrected chi connectivity index (χ4v) is 1.53. The lowest BCUT2D eigenvalue weighted by Crippen LogP contribution is -2.20. The minimum absolute atomic E-state index is 0.0285. The molecule has 116 valence electrons. The highest BCUT2D eigenvalue weighted by Crippen LogP contribution is 2.17. The van der Waals surface area contributed by atoms with Gasteiger partial charge in [-0.1, -0.05) is 11.2 Å². The molecule has 1 unspecified atom stereocenters. The Morgan fingerprint density at radius 1 is 1.52 bits per heavy atom. The second kappa shape index (κ2) is 8.80. The SMILES string of the molecule is COC(C)CCC(=O)Nc1cccc(OC/C(N)=N/O)c1. The van der Waals surface area contributed by atoms with Gasteiger partial charge in [-0.3, -0.25) is 4.79 Å². The number of hydrogen-bond donors (Lipinski definition) is 3. The number of nitrogens with one attached hydrogen (secondary N) is 1. The molecule has 0 aliphatic heterocycles. The molecule has 0 aromatic heterocycles. The van der Waals surface area contributed by atoms with Gasteiger partial charge < -0.3 is 25.7 Å². The number of amides is 1. The van der Waals surface area contributed by atoms with E-state index in [-0.39, 0.29) is 24.5 Å². The van der Waals surface area contributed by atoms with Crippen LogP contribution in [0.2, 0.25) is 0 Å². The van der Waals surface area contributed by atoms with Crippen molar-refractivity contribution in [2.24, 2.45) is 10.9 Å². The number of oxime groups is 1. The van der Waals surface area contributed by atoms with Crippen LogP contribution < -0.4 is 15.8 Å². The molecule has 1 amide bonds. The Morgan fingerprint density at radius 3 is 2.95 bits per heavy atom. The van der Waals surface area contributed by atoms with Gasteiger partial charge in [0, 0.05) is 25.3 Å². The summed E-state index contributed by atoms with van der Waals surface area (Å²) in [6, 6.07) is 6.89. The summed E-state index contributed by atoms with van der Waals surface area (Å²) in [5, 5.41) is 14.0. The summed E-state index contributed by atoms with van der Waals surface area (Å²) in [5.74, 6) is 0.398. The molecule has 0 fully saturated rings. The number of carbonyl (C=O) groups is 1. The van der Waals surface area contributed by atoms with E-state index in [0.29, 0.717) is 24.3 Å². The van der Waals surface area contributed by atoms with Crippen molar-refractivity contribution in [3.63, 3.8) is 0 Å². The number of rotatable bonds is 8. The number of hydrogen-bond acceptors (Lipinski definition) is 5. The lowest BCUT2D eigenvalue weighted by Gasteiger charge is -2.10. The molecular formula is C14H21N3O4. The van der Waals surface area contributed by atoms with Gasteiger partial charge in [0.25, 0.3) is 0 Å². The van der Waals surface area contributed by atoms with Crippen molar-refractivity contribution in [2.45, 2.75) is 25.9 Å². The number of carbonyl (C=O) groups excluding carboxylic acids is 1. The molecule has 1 rings (SSSR count). The van der Waals surface area contributed by atoms with Gasteiger partial charge in [-0.15, -0.1) is 0 Å². The summed E-state index contributed by atoms with van der Waals surface area (Å²) in [6.45, 7) is 1.88. The number of amidine groups is 1. The average Bonchev–Trinajstić information content (AvgIpc) is 2.50. The number of nitrogens with two attached hydrogens (primary N) is 1. The third kappa shape index (κ3) is 6.62. The van der Waals surface area contributed by atoms with Crippen LogP contribution in [0.3, 0.4) is 0 Å². The normalized spacial score (nSPS) is 12.8. The highest BCUT2D eigenvalue weighted by atomic mass is 16.5. The van der Waals surface area contributed by atoms with Crippen molar-refractivity contribution in [1.82, 2.24) is 0 Å². The van der Waals surface area contributed by atoms with Crippen molar-refractivity contribution in [3.8, 4) is 5.75 Å². The number of nitrogens with zero attached hydrogens (tertiary/aromatic N) is 1. The third-order valence-corrected chi connectivity index (χ3v) is 2.81. The molecule has 21 heavy (non-hydrogen) atoms. The zero-order valence-corrected chi connectivity index (χ0v) is 12.2. The highest BCUT2D eigenvalue weighted by molar-refractivity contribution is 5.90. The molecule has 0 spiro atoms. The number of benzene rings is 1. The van der Waals surface area contributed by atoms with Gasteiger partial charge in [0.1, 0.15) is 12.4 Å². The molecule has 0 saturated carbocycles. The summed E-state index contributed by atoms with van der Waals surface area (Å²) in [4.78, 5) is 11.8. The maximum Gasteiger partial charge on any atom is 0.224 e. The van der Waals surface area contributed by atoms with Crippen LogP contribution in [-0.2, 0) is 9.53 Å². The van der Waals surface area contributed by atoms with Gasteiger partial charge in [0.05, 0.1) is 6.10 Å². The lowest BCUT2D eigenvalue weighted by atomic mass is 10.2. The first-order chi connectivity index (χ1) is 10.0. The van der Waals surface area contributed by atoms with Crippen LogP contribution in [-0.4, -0.2) is 36.8 Å². The molecule has 7 nitrogen and oxygen atoms in total. The first-order valence-corrected chi connectivity index (χ1v) is 6.57. The molecular weight excluding hydrogens is 274 g/mol. The van der Waals surface area contributed by atoms with E-state index in [1.54, 1.807) is 31.4 Å². The minimum atomic E-state index is -0.0903. The van der Waals surface area contributed by atoms with Crippen LogP contribution in [0.5, 0.6) is 5.75 Å². The fraction of sp³-hybridized carbons (Fsp3) is 0.429. The van der Waals surface area contributed by atoms with Gasteiger partial charge >= 0.3 is 0 Å². The second-order valence-corrected chi connectivity index (χ2v) is 4.54. The minimum Gasteiger partial charge on any atom is -0.485 e. The topological polar surface area (TPSA) is 106 Å². The summed E-state index contributed by atoms with van der Waals surface area (Å²) >= 11 is 0. The lowest BCUT2D eigenvalue weighted by molar-refractivity contribution is -0.116. The molecule has 7 heteroatoms. The number of methoxy groups -OCH3 is 1. The second-order valence-electron chi connectivity index (χ2n) is 4.54. The molecule has 0 heterocycles. The molecule has 0 saturated heterocycles. The Morgan fingerprint density at radius 2 is 2.29 bits per heavy atom. The molecule has 1 aromatic rings. The van der Waals surface area contributed by atoms with Crippen molar-refractivity contribution >= 4 is 17.4 Å². The molecule has 0 aliphatic rings. The maximum absolute atomic E-state index is 11.8. The van der Waals surface area contributed by atoms with E-state index in [1.807, 2.05) is 6.92 Å². The van der Waals surface area contributed by atoms with Crippen molar-refractivity contribution < 1.29 is 19.5 Å². The zero-order chi connectivity index (χ0) is 15.7. The van der Waals surface area contributed by atoms with Gasteiger partial charge in [-0.05, 0) is 25.5 Å². The van der Waals surface area contributed by atoms with E-state index in [1.165, 1.54) is 0 Å². The maximum atomic E-state index is 11.8. The molecule has 1 aromatic carbocycles. The predicted octanol–water partition coefficient (Wildman–Crippen LogP) is 1.57. The van der Waals surface area contributed by atoms with E-state index in [0.717, 1.165) is 0 Å². The largest absolute Gasteiger partial charge is 0.485 e. The van der Waals surface area contributed by atoms with Crippen molar-refractivity contribution in [2.75, 3.05) is 19.0 Å². The standard InChI is InChI=1S/C14H21N3O4/c1-10(20-2)6-7-14(18)16-11-4-3-5-12(8-11)21-9-13(15)17-19/h3-5,8,10,19H,6-7,9H2,1-2H3,(H2,15,17)(H,16,18). The Labute approximate surface area is 123 Å². The Balaban J connectivity index is 2.50. The smallest absolute Gasteiger partial charge is 0.224 e. The van der Waals surface area contributed by atoms with Crippen LogP contribution in [0.1, 0.15) is 19.8 Å². The fourth-order valence-electron chi connectivity index (χ4n) is 1.53. The van der Waals surface area contributed by atoms with E-state index >= 15 is 0 Å². The van der Waals surface area contributed by atoms with Gasteiger partial charge in [-0.25, -0.2) is 0 Å². The average molecular weight is 295 g/mol. The van der Waals surface area contributed by atoms with Crippen LogP contribution in [0, 0.1) is 0 Å². The van der Waals surface area contributed by atoms with Gasteiger partial charge in [0.15, 0.2) is 5.84 Å². The van der Waals surface area contributed by atoms with Crippen LogP contribution in [0.4, 0.5) is 5.69 Å². The first kappa shape index (κ1) is 16.8. The van der Waals surface area contributed by atoms with Gasteiger partial charge in [0.2, 0.25) is 5.91 Å². The van der Waals surface area contributed by atoms with E-state index in [4.69, 9.17) is 20.4 Å². The Bertz CT molecular complexity index is 491. The van der Waals surface area contributed by atoms with Crippen molar-refractivity contribution in [1.29, 1.82) is 0 Å². The molecule has 0 aliphatic carbocycles. The van der Waals surface area contributed by atoms with Crippen LogP contribution >= 0.6 is 0 Å². The predicted molar refractivity (Wildman–Crippen MR) is 79.7 cm³/mol. The summed E-state index contributed by atoms with van der Waals surface area (Å²) < 4.78 is 10.4. The summed E-state index contributed by atoms with van der Waals surface area (Å²) in [7, 11) is 1.62. The van der Waals surface area contributed by atoms with Crippen molar-refractivity contribution in [3.05, 3.63) is 24.3 Å². The highest BCUT2D eigenvalue weighted by Gasteiger charge is 2.07. The summed E-state index contributed by atoms with van der Waals surface area (Å²) in [5.41, 5.74) is 5.94. The van der Waals surface area contributed by atoms with Gasteiger partial charge in [-0.2, -0.15) is 0 Å². The zero-order valence-electron chi connectivity index (χ0n) is 12.2. The van der Waals surface area contributed by atoms with E-state index in [2.05, 4.69) is 10.5 Å². The molecule has 1 atom stereocenters.